The molecule has 0 spiro atoms. The Hall–Kier alpha value is -2.76. The minimum atomic E-state index is -1.00. The van der Waals surface area contributed by atoms with Crippen LogP contribution in [-0.4, -0.2) is 21.0 Å². The Bertz CT molecular complexity index is 611. The Morgan fingerprint density at radius 2 is 1.95 bits per heavy atom. The van der Waals surface area contributed by atoms with E-state index in [9.17, 15) is 20.0 Å². The van der Waals surface area contributed by atoms with E-state index in [4.69, 9.17) is 0 Å². The van der Waals surface area contributed by atoms with E-state index in [0.29, 0.717) is 12.1 Å². The normalized spacial score (nSPS) is 11.8. The summed E-state index contributed by atoms with van der Waals surface area (Å²) in [6.07, 6.45) is 1.37. The average Bonchev–Trinajstić information content (AvgIpc) is 2.45. The van der Waals surface area contributed by atoms with Crippen LogP contribution < -0.4 is 0 Å². The molecular formula is C14H12N2O4. The van der Waals surface area contributed by atoms with E-state index in [1.807, 2.05) is 30.3 Å². The molecule has 1 aromatic heterocycles. The number of carbonyl (C=O) groups is 1. The Kier molecular flexibility index (Phi) is 4.05. The molecule has 1 aromatic carbocycles. The van der Waals surface area contributed by atoms with Crippen molar-refractivity contribution in [2.75, 3.05) is 0 Å². The molecule has 0 aliphatic heterocycles. The summed E-state index contributed by atoms with van der Waals surface area (Å²) in [5.74, 6) is -1.83. The first-order valence-corrected chi connectivity index (χ1v) is 5.95. The largest absolute Gasteiger partial charge is 0.481 e. The van der Waals surface area contributed by atoms with Crippen LogP contribution >= 0.6 is 0 Å². The van der Waals surface area contributed by atoms with Gasteiger partial charge in [0.05, 0.1) is 10.6 Å². The van der Waals surface area contributed by atoms with Crippen LogP contribution in [0.15, 0.2) is 48.7 Å². The number of rotatable bonds is 5. The standard InChI is InChI=1S/C14H12N2O4/c17-14(18)12(8-10-4-2-1-3-5-10)13-7-6-11(9-15-13)16(19)20/h1-7,9,12H,8H2,(H,17,18). The van der Waals surface area contributed by atoms with Gasteiger partial charge in [-0.1, -0.05) is 30.3 Å². The number of nitro groups is 1. The predicted molar refractivity (Wildman–Crippen MR) is 71.4 cm³/mol. The average molecular weight is 272 g/mol. The van der Waals surface area contributed by atoms with E-state index in [1.165, 1.54) is 12.1 Å². The molecule has 0 fully saturated rings. The molecule has 1 unspecified atom stereocenters. The molecule has 1 N–H and O–H groups in total. The molecule has 0 bridgehead atoms. The second-order valence-electron chi connectivity index (χ2n) is 4.28. The molecule has 0 radical (unpaired) electrons. The van der Waals surface area contributed by atoms with Gasteiger partial charge in [-0.25, -0.2) is 0 Å². The van der Waals surface area contributed by atoms with Gasteiger partial charge in [-0.05, 0) is 18.1 Å². The van der Waals surface area contributed by atoms with E-state index in [0.717, 1.165) is 11.8 Å². The maximum atomic E-state index is 11.3. The third-order valence-electron chi connectivity index (χ3n) is 2.92. The molecule has 6 heteroatoms. The Labute approximate surface area is 114 Å². The van der Waals surface area contributed by atoms with Gasteiger partial charge in [0.15, 0.2) is 0 Å². The molecule has 2 rings (SSSR count). The second-order valence-corrected chi connectivity index (χ2v) is 4.28. The molecule has 1 heterocycles. The van der Waals surface area contributed by atoms with Crippen molar-refractivity contribution in [3.05, 3.63) is 70.0 Å². The number of benzene rings is 1. The second kappa shape index (κ2) is 5.92. The van der Waals surface area contributed by atoms with Crippen molar-refractivity contribution in [3.8, 4) is 0 Å². The third-order valence-corrected chi connectivity index (χ3v) is 2.92. The van der Waals surface area contributed by atoms with Crippen molar-refractivity contribution in [1.82, 2.24) is 4.98 Å². The molecule has 6 nitrogen and oxygen atoms in total. The zero-order valence-electron chi connectivity index (χ0n) is 10.5. The van der Waals surface area contributed by atoms with Crippen LogP contribution in [0.4, 0.5) is 5.69 Å². The minimum absolute atomic E-state index is 0.155. The van der Waals surface area contributed by atoms with E-state index in [2.05, 4.69) is 4.98 Å². The molecule has 20 heavy (non-hydrogen) atoms. The quantitative estimate of drug-likeness (QED) is 0.666. The number of nitrogens with zero attached hydrogens (tertiary/aromatic N) is 2. The van der Waals surface area contributed by atoms with Crippen molar-refractivity contribution in [3.63, 3.8) is 0 Å². The van der Waals surface area contributed by atoms with Gasteiger partial charge in [0, 0.05) is 6.07 Å². The van der Waals surface area contributed by atoms with Gasteiger partial charge in [-0.15, -0.1) is 0 Å². The molecule has 102 valence electrons. The molecular weight excluding hydrogens is 260 g/mol. The van der Waals surface area contributed by atoms with Crippen LogP contribution in [0.1, 0.15) is 17.2 Å². The van der Waals surface area contributed by atoms with Gasteiger partial charge < -0.3 is 5.11 Å². The van der Waals surface area contributed by atoms with Crippen molar-refractivity contribution < 1.29 is 14.8 Å². The van der Waals surface area contributed by atoms with Crippen molar-refractivity contribution in [2.24, 2.45) is 0 Å². The first-order chi connectivity index (χ1) is 9.58. The fraction of sp³-hybridized carbons (Fsp3) is 0.143. The van der Waals surface area contributed by atoms with Gasteiger partial charge >= 0.3 is 5.97 Å². The number of hydrogen-bond acceptors (Lipinski definition) is 4. The number of hydrogen-bond donors (Lipinski definition) is 1. The summed E-state index contributed by atoms with van der Waals surface area (Å²) in [7, 11) is 0. The summed E-state index contributed by atoms with van der Waals surface area (Å²) < 4.78 is 0. The van der Waals surface area contributed by atoms with Gasteiger partial charge in [0.25, 0.3) is 5.69 Å². The van der Waals surface area contributed by atoms with E-state index >= 15 is 0 Å². The van der Waals surface area contributed by atoms with Gasteiger partial charge in [0.2, 0.25) is 0 Å². The summed E-state index contributed by atoms with van der Waals surface area (Å²) in [6, 6.07) is 11.8. The van der Waals surface area contributed by atoms with E-state index < -0.39 is 16.8 Å². The number of carboxylic acid groups (broad SMARTS) is 1. The SMILES string of the molecule is O=C(O)C(Cc1ccccc1)c1ccc([N+](=O)[O-])cn1. The highest BCUT2D eigenvalue weighted by Gasteiger charge is 2.22. The van der Waals surface area contributed by atoms with Crippen molar-refractivity contribution in [1.29, 1.82) is 0 Å². The number of carboxylic acids is 1. The highest BCUT2D eigenvalue weighted by molar-refractivity contribution is 5.76. The maximum absolute atomic E-state index is 11.3. The lowest BCUT2D eigenvalue weighted by Gasteiger charge is -2.11. The molecule has 0 aliphatic rings. The Morgan fingerprint density at radius 1 is 1.25 bits per heavy atom. The molecule has 2 aromatic rings. The zero-order valence-corrected chi connectivity index (χ0v) is 10.5. The lowest BCUT2D eigenvalue weighted by atomic mass is 9.96. The zero-order chi connectivity index (χ0) is 14.5. The van der Waals surface area contributed by atoms with Crippen LogP contribution in [0.5, 0.6) is 0 Å². The van der Waals surface area contributed by atoms with Crippen LogP contribution in [0.3, 0.4) is 0 Å². The lowest BCUT2D eigenvalue weighted by Crippen LogP contribution is -2.15. The summed E-state index contributed by atoms with van der Waals surface area (Å²) in [5, 5.41) is 19.8. The van der Waals surface area contributed by atoms with Crippen molar-refractivity contribution >= 4 is 11.7 Å². The topological polar surface area (TPSA) is 93.3 Å². The number of pyridine rings is 1. The van der Waals surface area contributed by atoms with Gasteiger partial charge in [-0.2, -0.15) is 0 Å². The summed E-state index contributed by atoms with van der Waals surface area (Å²) >= 11 is 0. The van der Waals surface area contributed by atoms with E-state index in [1.54, 1.807) is 0 Å². The number of aliphatic carboxylic acids is 1. The molecule has 1 atom stereocenters. The van der Waals surface area contributed by atoms with E-state index in [-0.39, 0.29) is 5.69 Å². The first-order valence-electron chi connectivity index (χ1n) is 5.95. The van der Waals surface area contributed by atoms with Crippen molar-refractivity contribution in [2.45, 2.75) is 12.3 Å². The van der Waals surface area contributed by atoms with Gasteiger partial charge in [-0.3, -0.25) is 19.9 Å². The Morgan fingerprint density at radius 3 is 2.45 bits per heavy atom. The van der Waals surface area contributed by atoms with Crippen LogP contribution in [-0.2, 0) is 11.2 Å². The first kappa shape index (κ1) is 13.7. The maximum Gasteiger partial charge on any atom is 0.312 e. The highest BCUT2D eigenvalue weighted by atomic mass is 16.6. The molecule has 0 saturated heterocycles. The highest BCUT2D eigenvalue weighted by Crippen LogP contribution is 2.21. The predicted octanol–water partition coefficient (Wildman–Crippen LogP) is 2.40. The minimum Gasteiger partial charge on any atom is -0.481 e. The monoisotopic (exact) mass is 272 g/mol. The van der Waals surface area contributed by atoms with Crippen LogP contribution in [0.25, 0.3) is 0 Å². The molecule has 0 amide bonds. The lowest BCUT2D eigenvalue weighted by molar-refractivity contribution is -0.385. The Balaban J connectivity index is 2.25. The fourth-order valence-corrected chi connectivity index (χ4v) is 1.88. The molecule has 0 saturated carbocycles. The third kappa shape index (κ3) is 3.17. The summed E-state index contributed by atoms with van der Waals surface area (Å²) in [4.78, 5) is 25.2. The fourth-order valence-electron chi connectivity index (χ4n) is 1.88. The van der Waals surface area contributed by atoms with Gasteiger partial charge in [0.1, 0.15) is 12.1 Å². The summed E-state index contributed by atoms with van der Waals surface area (Å²) in [5.41, 5.74) is 1.03. The smallest absolute Gasteiger partial charge is 0.312 e. The summed E-state index contributed by atoms with van der Waals surface area (Å²) in [6.45, 7) is 0. The van der Waals surface area contributed by atoms with Crippen LogP contribution in [0, 0.1) is 10.1 Å². The molecule has 0 aliphatic carbocycles. The number of aromatic nitrogens is 1. The van der Waals surface area contributed by atoms with Crippen LogP contribution in [0.2, 0.25) is 0 Å².